The van der Waals surface area contributed by atoms with Crippen LogP contribution >= 0.6 is 0 Å². The Kier molecular flexibility index (Phi) is 4.52. The van der Waals surface area contributed by atoms with Crippen molar-refractivity contribution in [3.05, 3.63) is 24.3 Å². The smallest absolute Gasteiger partial charge is 0.229 e. The first kappa shape index (κ1) is 13.5. The topological polar surface area (TPSA) is 67.4 Å². The third-order valence-corrected chi connectivity index (χ3v) is 3.00. The van der Waals surface area contributed by atoms with Gasteiger partial charge < -0.3 is 15.4 Å². The van der Waals surface area contributed by atoms with Crippen LogP contribution in [0, 0.1) is 5.92 Å². The summed E-state index contributed by atoms with van der Waals surface area (Å²) in [5.74, 6) is -0.188. The third kappa shape index (κ3) is 4.06. The summed E-state index contributed by atoms with van der Waals surface area (Å²) in [6.45, 7) is 2.70. The summed E-state index contributed by atoms with van der Waals surface area (Å²) in [6.07, 6.45) is 1.80. The van der Waals surface area contributed by atoms with E-state index in [1.165, 1.54) is 6.92 Å². The molecule has 0 saturated carbocycles. The molecule has 1 aliphatic heterocycles. The van der Waals surface area contributed by atoms with Crippen LogP contribution in [0.5, 0.6) is 0 Å². The maximum Gasteiger partial charge on any atom is 0.229 e. The second kappa shape index (κ2) is 6.33. The Morgan fingerprint density at radius 3 is 2.32 bits per heavy atom. The van der Waals surface area contributed by atoms with Gasteiger partial charge in [-0.1, -0.05) is 0 Å². The van der Waals surface area contributed by atoms with E-state index in [-0.39, 0.29) is 17.7 Å². The lowest BCUT2D eigenvalue weighted by atomic mass is 10.0. The van der Waals surface area contributed by atoms with Crippen LogP contribution < -0.4 is 10.6 Å². The van der Waals surface area contributed by atoms with Gasteiger partial charge in [0.1, 0.15) is 0 Å². The molecule has 0 aromatic heterocycles. The van der Waals surface area contributed by atoms with Crippen molar-refractivity contribution in [3.63, 3.8) is 0 Å². The van der Waals surface area contributed by atoms with E-state index in [2.05, 4.69) is 10.6 Å². The molecule has 5 nitrogen and oxygen atoms in total. The maximum absolute atomic E-state index is 12.0. The third-order valence-electron chi connectivity index (χ3n) is 3.00. The average molecular weight is 262 g/mol. The lowest BCUT2D eigenvalue weighted by molar-refractivity contribution is -0.123. The van der Waals surface area contributed by atoms with Crippen molar-refractivity contribution in [3.8, 4) is 0 Å². The van der Waals surface area contributed by atoms with Crippen molar-refractivity contribution in [2.75, 3.05) is 23.8 Å². The predicted octanol–water partition coefficient (Wildman–Crippen LogP) is 2.01. The van der Waals surface area contributed by atoms with E-state index >= 15 is 0 Å². The molecule has 1 aromatic carbocycles. The van der Waals surface area contributed by atoms with E-state index < -0.39 is 0 Å². The summed E-state index contributed by atoms with van der Waals surface area (Å²) in [5, 5.41) is 5.54. The lowest BCUT2D eigenvalue weighted by Crippen LogP contribution is -2.30. The zero-order chi connectivity index (χ0) is 13.7. The number of rotatable bonds is 3. The highest BCUT2D eigenvalue weighted by Crippen LogP contribution is 2.18. The van der Waals surface area contributed by atoms with Gasteiger partial charge in [0.2, 0.25) is 11.8 Å². The van der Waals surface area contributed by atoms with Crippen molar-refractivity contribution < 1.29 is 14.3 Å². The van der Waals surface area contributed by atoms with Gasteiger partial charge in [-0.05, 0) is 37.1 Å². The molecule has 0 bridgehead atoms. The van der Waals surface area contributed by atoms with E-state index in [9.17, 15) is 9.59 Å². The van der Waals surface area contributed by atoms with Gasteiger partial charge in [-0.3, -0.25) is 9.59 Å². The molecule has 0 radical (unpaired) electrons. The number of benzene rings is 1. The first-order chi connectivity index (χ1) is 9.15. The molecule has 1 aromatic rings. The second-order valence-corrected chi connectivity index (χ2v) is 4.66. The molecule has 0 aliphatic carbocycles. The SMILES string of the molecule is CC(=O)Nc1ccc(NC(=O)C2CCCOC2)cc1. The number of ether oxygens (including phenoxy) is 1. The molecular weight excluding hydrogens is 244 g/mol. The highest BCUT2D eigenvalue weighted by molar-refractivity contribution is 5.93. The number of carbonyl (C=O) groups excluding carboxylic acids is 2. The summed E-state index contributed by atoms with van der Waals surface area (Å²) < 4.78 is 5.30. The standard InChI is InChI=1S/C14H18N2O3/c1-10(17)15-12-4-6-13(7-5-12)16-14(18)11-3-2-8-19-9-11/h4-7,11H,2-3,8-9H2,1H3,(H,15,17)(H,16,18). The van der Waals surface area contributed by atoms with Gasteiger partial charge in [-0.25, -0.2) is 0 Å². The van der Waals surface area contributed by atoms with Gasteiger partial charge in [0, 0.05) is 24.9 Å². The second-order valence-electron chi connectivity index (χ2n) is 4.66. The Labute approximate surface area is 112 Å². The number of amides is 2. The first-order valence-corrected chi connectivity index (χ1v) is 6.41. The molecule has 1 aliphatic rings. The fraction of sp³-hybridized carbons (Fsp3) is 0.429. The first-order valence-electron chi connectivity index (χ1n) is 6.41. The lowest BCUT2D eigenvalue weighted by Gasteiger charge is -2.21. The summed E-state index contributed by atoms with van der Waals surface area (Å²) in [5.41, 5.74) is 1.44. The fourth-order valence-electron chi connectivity index (χ4n) is 2.03. The minimum atomic E-state index is -0.115. The summed E-state index contributed by atoms with van der Waals surface area (Å²) >= 11 is 0. The molecule has 1 fully saturated rings. The monoisotopic (exact) mass is 262 g/mol. The molecule has 1 saturated heterocycles. The van der Waals surface area contributed by atoms with E-state index in [0.717, 1.165) is 25.1 Å². The predicted molar refractivity (Wildman–Crippen MR) is 72.9 cm³/mol. The number of carbonyl (C=O) groups is 2. The molecule has 19 heavy (non-hydrogen) atoms. The molecule has 2 N–H and O–H groups in total. The average Bonchev–Trinajstić information content (AvgIpc) is 2.41. The molecule has 5 heteroatoms. The number of nitrogens with one attached hydrogen (secondary N) is 2. The fourth-order valence-corrected chi connectivity index (χ4v) is 2.03. The van der Waals surface area contributed by atoms with Crippen molar-refractivity contribution in [2.24, 2.45) is 5.92 Å². The molecular formula is C14H18N2O3. The number of hydrogen-bond donors (Lipinski definition) is 2. The van der Waals surface area contributed by atoms with E-state index in [1.54, 1.807) is 24.3 Å². The Morgan fingerprint density at radius 2 is 1.79 bits per heavy atom. The zero-order valence-corrected chi connectivity index (χ0v) is 10.9. The van der Waals surface area contributed by atoms with Crippen molar-refractivity contribution in [1.29, 1.82) is 0 Å². The van der Waals surface area contributed by atoms with E-state index in [1.807, 2.05) is 0 Å². The quantitative estimate of drug-likeness (QED) is 0.875. The Balaban J connectivity index is 1.91. The Morgan fingerprint density at radius 1 is 1.16 bits per heavy atom. The van der Waals surface area contributed by atoms with E-state index in [4.69, 9.17) is 4.74 Å². The molecule has 1 unspecified atom stereocenters. The highest BCUT2D eigenvalue weighted by atomic mass is 16.5. The number of anilines is 2. The molecule has 2 amide bonds. The van der Waals surface area contributed by atoms with Gasteiger partial charge in [0.05, 0.1) is 12.5 Å². The van der Waals surface area contributed by atoms with Crippen LogP contribution in [-0.4, -0.2) is 25.0 Å². The van der Waals surface area contributed by atoms with Crippen molar-refractivity contribution >= 4 is 23.2 Å². The van der Waals surface area contributed by atoms with Crippen molar-refractivity contribution in [1.82, 2.24) is 0 Å². The van der Waals surface area contributed by atoms with Crippen molar-refractivity contribution in [2.45, 2.75) is 19.8 Å². The Hall–Kier alpha value is -1.88. The van der Waals surface area contributed by atoms with Crippen LogP contribution in [-0.2, 0) is 14.3 Å². The summed E-state index contributed by atoms with van der Waals surface area (Å²) in [4.78, 5) is 22.9. The maximum atomic E-state index is 12.0. The molecule has 1 atom stereocenters. The zero-order valence-electron chi connectivity index (χ0n) is 10.9. The van der Waals surface area contributed by atoms with Crippen LogP contribution in [0.4, 0.5) is 11.4 Å². The largest absolute Gasteiger partial charge is 0.381 e. The van der Waals surface area contributed by atoms with Crippen LogP contribution in [0.3, 0.4) is 0 Å². The van der Waals surface area contributed by atoms with Crippen LogP contribution in [0.2, 0.25) is 0 Å². The van der Waals surface area contributed by atoms with E-state index in [0.29, 0.717) is 12.3 Å². The molecule has 102 valence electrons. The van der Waals surface area contributed by atoms with Crippen LogP contribution in [0.15, 0.2) is 24.3 Å². The Bertz CT molecular complexity index is 450. The highest BCUT2D eigenvalue weighted by Gasteiger charge is 2.21. The van der Waals surface area contributed by atoms with Crippen LogP contribution in [0.25, 0.3) is 0 Å². The summed E-state index contributed by atoms with van der Waals surface area (Å²) in [6, 6.07) is 7.06. The molecule has 1 heterocycles. The van der Waals surface area contributed by atoms with Crippen LogP contribution in [0.1, 0.15) is 19.8 Å². The van der Waals surface area contributed by atoms with Gasteiger partial charge in [-0.15, -0.1) is 0 Å². The van der Waals surface area contributed by atoms with Gasteiger partial charge >= 0.3 is 0 Å². The minimum Gasteiger partial charge on any atom is -0.381 e. The molecule has 0 spiro atoms. The minimum absolute atomic E-state index is 0.00743. The van der Waals surface area contributed by atoms with Gasteiger partial charge in [-0.2, -0.15) is 0 Å². The van der Waals surface area contributed by atoms with Gasteiger partial charge in [0.25, 0.3) is 0 Å². The normalized spacial score (nSPS) is 18.7. The van der Waals surface area contributed by atoms with Gasteiger partial charge in [0.15, 0.2) is 0 Å². The molecule has 2 rings (SSSR count). The number of hydrogen-bond acceptors (Lipinski definition) is 3. The summed E-state index contributed by atoms with van der Waals surface area (Å²) in [7, 11) is 0.